The average Bonchev–Trinajstić information content (AvgIpc) is 2.29. The highest BCUT2D eigenvalue weighted by atomic mass is 16.1. The summed E-state index contributed by atoms with van der Waals surface area (Å²) in [6, 6.07) is 0.402. The molecule has 2 atom stereocenters. The van der Waals surface area contributed by atoms with Crippen LogP contribution in [-0.2, 0) is 4.79 Å². The van der Waals surface area contributed by atoms with Crippen molar-refractivity contribution in [2.75, 3.05) is 26.2 Å². The van der Waals surface area contributed by atoms with Crippen molar-refractivity contribution in [2.45, 2.75) is 26.3 Å². The molecule has 90 valence electrons. The summed E-state index contributed by atoms with van der Waals surface area (Å²) in [6.45, 7) is 8.73. The Morgan fingerprint density at radius 3 is 2.69 bits per heavy atom. The highest BCUT2D eigenvalue weighted by Crippen LogP contribution is 2.34. The summed E-state index contributed by atoms with van der Waals surface area (Å²) in [5, 5.41) is 3.36. The molecule has 0 saturated carbocycles. The van der Waals surface area contributed by atoms with Crippen LogP contribution >= 0.6 is 0 Å². The van der Waals surface area contributed by atoms with Crippen molar-refractivity contribution in [3.63, 3.8) is 0 Å². The van der Waals surface area contributed by atoms with Crippen LogP contribution in [0.25, 0.3) is 0 Å². The van der Waals surface area contributed by atoms with Crippen LogP contribution in [0.15, 0.2) is 12.2 Å². The lowest BCUT2D eigenvalue weighted by Gasteiger charge is -2.42. The molecular formula is C13H22N2O. The van der Waals surface area contributed by atoms with Gasteiger partial charge in [-0.15, -0.1) is 0 Å². The zero-order valence-electron chi connectivity index (χ0n) is 10.3. The molecule has 0 aromatic heterocycles. The fourth-order valence-corrected chi connectivity index (χ4v) is 2.77. The molecule has 0 aromatic rings. The lowest BCUT2D eigenvalue weighted by molar-refractivity contribution is -0.112. The SMILES string of the molecule is CC1(C)C=CC(C=O)C(N2CCNCC2)C1. The third-order valence-electron chi connectivity index (χ3n) is 3.73. The highest BCUT2D eigenvalue weighted by molar-refractivity contribution is 5.58. The van der Waals surface area contributed by atoms with Gasteiger partial charge in [-0.05, 0) is 11.8 Å². The molecule has 3 nitrogen and oxygen atoms in total. The maximum atomic E-state index is 11.1. The lowest BCUT2D eigenvalue weighted by atomic mass is 9.75. The largest absolute Gasteiger partial charge is 0.314 e. The predicted molar refractivity (Wildman–Crippen MR) is 65.3 cm³/mol. The third kappa shape index (κ3) is 2.53. The second-order valence-corrected chi connectivity index (χ2v) is 5.62. The van der Waals surface area contributed by atoms with E-state index in [9.17, 15) is 4.79 Å². The van der Waals surface area contributed by atoms with Crippen LogP contribution in [0.1, 0.15) is 20.3 Å². The summed E-state index contributed by atoms with van der Waals surface area (Å²) in [4.78, 5) is 13.6. The lowest BCUT2D eigenvalue weighted by Crippen LogP contribution is -2.52. The normalized spacial score (nSPS) is 34.9. The Bertz CT molecular complexity index is 280. The number of allylic oxidation sites excluding steroid dienone is 1. The maximum absolute atomic E-state index is 11.1. The molecule has 2 aliphatic rings. The number of nitrogens with one attached hydrogen (secondary N) is 1. The molecule has 3 heteroatoms. The van der Waals surface area contributed by atoms with Crippen molar-refractivity contribution in [3.05, 3.63) is 12.2 Å². The first-order valence-electron chi connectivity index (χ1n) is 6.22. The van der Waals surface area contributed by atoms with Crippen molar-refractivity contribution in [1.29, 1.82) is 0 Å². The second-order valence-electron chi connectivity index (χ2n) is 5.62. The average molecular weight is 222 g/mol. The molecule has 2 unspecified atom stereocenters. The zero-order valence-corrected chi connectivity index (χ0v) is 10.3. The first-order chi connectivity index (χ1) is 7.62. The number of rotatable bonds is 2. The Morgan fingerprint density at radius 1 is 1.38 bits per heavy atom. The monoisotopic (exact) mass is 222 g/mol. The molecule has 0 bridgehead atoms. The van der Waals surface area contributed by atoms with Gasteiger partial charge < -0.3 is 10.1 Å². The number of carbonyl (C=O) groups is 1. The Hall–Kier alpha value is -0.670. The fraction of sp³-hybridized carbons (Fsp3) is 0.769. The Kier molecular flexibility index (Phi) is 3.45. The third-order valence-corrected chi connectivity index (χ3v) is 3.73. The number of hydrogen-bond acceptors (Lipinski definition) is 3. The van der Waals surface area contributed by atoms with Crippen LogP contribution in [0.4, 0.5) is 0 Å². The van der Waals surface area contributed by atoms with Crippen LogP contribution in [0.2, 0.25) is 0 Å². The standard InChI is InChI=1S/C13H22N2O/c1-13(2)4-3-11(10-16)12(9-13)15-7-5-14-6-8-15/h3-4,10-12,14H,5-9H2,1-2H3. The smallest absolute Gasteiger partial charge is 0.128 e. The van der Waals surface area contributed by atoms with E-state index in [0.717, 1.165) is 38.9 Å². The van der Waals surface area contributed by atoms with Gasteiger partial charge in [0.25, 0.3) is 0 Å². The van der Waals surface area contributed by atoms with Gasteiger partial charge in [-0.1, -0.05) is 26.0 Å². The fourth-order valence-electron chi connectivity index (χ4n) is 2.77. The van der Waals surface area contributed by atoms with Gasteiger partial charge in [0, 0.05) is 38.1 Å². The summed E-state index contributed by atoms with van der Waals surface area (Å²) in [5.41, 5.74) is 0.231. The molecule has 0 spiro atoms. The Labute approximate surface area is 97.9 Å². The van der Waals surface area contributed by atoms with E-state index in [1.807, 2.05) is 0 Å². The van der Waals surface area contributed by atoms with Gasteiger partial charge in [0.1, 0.15) is 6.29 Å². The zero-order chi connectivity index (χ0) is 11.6. The molecule has 16 heavy (non-hydrogen) atoms. The van der Waals surface area contributed by atoms with Gasteiger partial charge in [-0.25, -0.2) is 0 Å². The number of nitrogens with zero attached hydrogens (tertiary/aromatic N) is 1. The summed E-state index contributed by atoms with van der Waals surface area (Å²) >= 11 is 0. The molecule has 0 radical (unpaired) electrons. The van der Waals surface area contributed by atoms with E-state index in [-0.39, 0.29) is 11.3 Å². The van der Waals surface area contributed by atoms with Crippen molar-refractivity contribution >= 4 is 6.29 Å². The quantitative estimate of drug-likeness (QED) is 0.560. The number of aldehydes is 1. The van der Waals surface area contributed by atoms with E-state index in [4.69, 9.17) is 0 Å². The van der Waals surface area contributed by atoms with Gasteiger partial charge in [-0.2, -0.15) is 0 Å². The molecule has 1 aliphatic carbocycles. The molecule has 0 amide bonds. The first kappa shape index (κ1) is 11.8. The minimum atomic E-state index is 0.0890. The van der Waals surface area contributed by atoms with Crippen molar-refractivity contribution < 1.29 is 4.79 Å². The first-order valence-corrected chi connectivity index (χ1v) is 6.22. The molecule has 1 N–H and O–H groups in total. The van der Waals surface area contributed by atoms with E-state index < -0.39 is 0 Å². The van der Waals surface area contributed by atoms with Crippen LogP contribution in [-0.4, -0.2) is 43.4 Å². The Morgan fingerprint density at radius 2 is 2.06 bits per heavy atom. The van der Waals surface area contributed by atoms with Gasteiger partial charge in [0.05, 0.1) is 0 Å². The molecule has 1 heterocycles. The highest BCUT2D eigenvalue weighted by Gasteiger charge is 2.34. The molecule has 2 rings (SSSR count). The van der Waals surface area contributed by atoms with Crippen LogP contribution in [0.3, 0.4) is 0 Å². The number of hydrogen-bond donors (Lipinski definition) is 1. The van der Waals surface area contributed by atoms with Gasteiger partial charge in [0.2, 0.25) is 0 Å². The van der Waals surface area contributed by atoms with Crippen LogP contribution in [0, 0.1) is 11.3 Å². The van der Waals surface area contributed by atoms with E-state index in [2.05, 4.69) is 36.2 Å². The van der Waals surface area contributed by atoms with E-state index in [1.54, 1.807) is 0 Å². The second kappa shape index (κ2) is 4.68. The van der Waals surface area contributed by atoms with Crippen LogP contribution < -0.4 is 5.32 Å². The van der Waals surface area contributed by atoms with Crippen molar-refractivity contribution in [3.8, 4) is 0 Å². The number of piperazine rings is 1. The minimum Gasteiger partial charge on any atom is -0.314 e. The molecule has 1 fully saturated rings. The van der Waals surface area contributed by atoms with Gasteiger partial charge in [0.15, 0.2) is 0 Å². The molecular weight excluding hydrogens is 200 g/mol. The Balaban J connectivity index is 2.10. The van der Waals surface area contributed by atoms with Gasteiger partial charge in [-0.3, -0.25) is 4.90 Å². The van der Waals surface area contributed by atoms with Gasteiger partial charge >= 0.3 is 0 Å². The van der Waals surface area contributed by atoms with Crippen molar-refractivity contribution in [2.24, 2.45) is 11.3 Å². The minimum absolute atomic E-state index is 0.0890. The van der Waals surface area contributed by atoms with E-state index in [1.165, 1.54) is 0 Å². The summed E-state index contributed by atoms with van der Waals surface area (Å²) in [6.07, 6.45) is 6.50. The van der Waals surface area contributed by atoms with E-state index >= 15 is 0 Å². The maximum Gasteiger partial charge on any atom is 0.128 e. The van der Waals surface area contributed by atoms with Crippen molar-refractivity contribution in [1.82, 2.24) is 10.2 Å². The number of carbonyl (C=O) groups excluding carboxylic acids is 1. The predicted octanol–water partition coefficient (Wildman–Crippen LogP) is 1.06. The van der Waals surface area contributed by atoms with Crippen LogP contribution in [0.5, 0.6) is 0 Å². The molecule has 0 aromatic carbocycles. The van der Waals surface area contributed by atoms with E-state index in [0.29, 0.717) is 6.04 Å². The molecule has 1 saturated heterocycles. The summed E-state index contributed by atoms with van der Waals surface area (Å²) in [5.74, 6) is 0.0890. The molecule has 1 aliphatic heterocycles. The summed E-state index contributed by atoms with van der Waals surface area (Å²) < 4.78 is 0. The summed E-state index contributed by atoms with van der Waals surface area (Å²) in [7, 11) is 0. The topological polar surface area (TPSA) is 32.3 Å².